The van der Waals surface area contributed by atoms with Gasteiger partial charge in [0, 0.05) is 31.1 Å². The van der Waals surface area contributed by atoms with Gasteiger partial charge >= 0.3 is 0 Å². The summed E-state index contributed by atoms with van der Waals surface area (Å²) in [5.41, 5.74) is 4.48. The molecule has 1 aromatic carbocycles. The van der Waals surface area contributed by atoms with Crippen molar-refractivity contribution >= 4 is 5.91 Å². The number of carbonyl (C=O) groups excluding carboxylic acids is 1. The zero-order chi connectivity index (χ0) is 17.6. The zero-order valence-corrected chi connectivity index (χ0v) is 14.1. The number of nitrogens with zero attached hydrogens (tertiary/aromatic N) is 2. The van der Waals surface area contributed by atoms with E-state index in [0.717, 1.165) is 17.7 Å². The number of hydroxylamine groups is 1. The molecule has 132 valence electrons. The number of halogens is 1. The molecule has 1 aliphatic carbocycles. The Labute approximate surface area is 146 Å². The molecule has 6 heteroatoms. The van der Waals surface area contributed by atoms with Crippen LogP contribution in [0.3, 0.4) is 0 Å². The first-order valence-corrected chi connectivity index (χ1v) is 8.72. The van der Waals surface area contributed by atoms with Gasteiger partial charge in [0.25, 0.3) is 0 Å². The molecule has 2 aromatic rings. The third-order valence-electron chi connectivity index (χ3n) is 5.55. The van der Waals surface area contributed by atoms with E-state index in [2.05, 4.69) is 0 Å². The van der Waals surface area contributed by atoms with E-state index in [1.807, 2.05) is 54.1 Å². The van der Waals surface area contributed by atoms with Crippen molar-refractivity contribution in [2.24, 2.45) is 5.92 Å². The van der Waals surface area contributed by atoms with Crippen molar-refractivity contribution in [1.29, 1.82) is 0 Å². The number of benzene rings is 1. The van der Waals surface area contributed by atoms with Crippen LogP contribution in [-0.2, 0) is 11.3 Å². The van der Waals surface area contributed by atoms with Crippen LogP contribution in [0.2, 0.25) is 0 Å². The first-order chi connectivity index (χ1) is 12.2. The van der Waals surface area contributed by atoms with Gasteiger partial charge in [-0.25, -0.2) is 9.87 Å². The number of hydrogen-bond acceptors (Lipinski definition) is 3. The standard InChI is InChI=1S/C19H22FN3O2/c1-2-22-8-9-23-11-13(10-14(23)18(22)20)16-15(17(16)19(24)21-25)12-6-4-3-5-7-12/h3-7,10-11,15-18,25H,2,8-9H2,1H3,(H,21,24)/t15-,16-,17-,18?/m1/s1. The fourth-order valence-corrected chi connectivity index (χ4v) is 4.20. The van der Waals surface area contributed by atoms with Gasteiger partial charge in [-0.1, -0.05) is 37.3 Å². The lowest BCUT2D eigenvalue weighted by atomic mass is 10.1. The average Bonchev–Trinajstić information content (AvgIpc) is 3.25. The smallest absolute Gasteiger partial charge is 0.247 e. The molecule has 1 aromatic heterocycles. The molecule has 4 atom stereocenters. The highest BCUT2D eigenvalue weighted by Gasteiger charge is 2.56. The molecular formula is C19H22FN3O2. The van der Waals surface area contributed by atoms with E-state index < -0.39 is 6.30 Å². The lowest BCUT2D eigenvalue weighted by molar-refractivity contribution is -0.130. The highest BCUT2D eigenvalue weighted by molar-refractivity contribution is 5.84. The maximum Gasteiger partial charge on any atom is 0.247 e. The Hall–Kier alpha value is -2.18. The highest BCUT2D eigenvalue weighted by atomic mass is 19.1. The fourth-order valence-electron chi connectivity index (χ4n) is 4.20. The van der Waals surface area contributed by atoms with Crippen LogP contribution >= 0.6 is 0 Å². The largest absolute Gasteiger partial charge is 0.346 e. The molecule has 1 aliphatic heterocycles. The van der Waals surface area contributed by atoms with E-state index in [1.54, 1.807) is 10.4 Å². The third-order valence-corrected chi connectivity index (χ3v) is 5.55. The monoisotopic (exact) mass is 343 g/mol. The Morgan fingerprint density at radius 1 is 1.24 bits per heavy atom. The van der Waals surface area contributed by atoms with Gasteiger partial charge in [0.15, 0.2) is 6.30 Å². The number of aromatic nitrogens is 1. The zero-order valence-electron chi connectivity index (χ0n) is 14.1. The van der Waals surface area contributed by atoms with Gasteiger partial charge < -0.3 is 4.57 Å². The van der Waals surface area contributed by atoms with E-state index >= 15 is 0 Å². The Kier molecular flexibility index (Phi) is 4.09. The fraction of sp³-hybridized carbons (Fsp3) is 0.421. The second-order valence-electron chi connectivity index (χ2n) is 6.82. The molecule has 1 unspecified atom stereocenters. The van der Waals surface area contributed by atoms with Crippen molar-refractivity contribution in [3.8, 4) is 0 Å². The lowest BCUT2D eigenvalue weighted by Gasteiger charge is -2.30. The second-order valence-corrected chi connectivity index (χ2v) is 6.82. The van der Waals surface area contributed by atoms with Crippen LogP contribution in [0, 0.1) is 5.92 Å². The quantitative estimate of drug-likeness (QED) is 0.510. The van der Waals surface area contributed by atoms with Gasteiger partial charge in [-0.05, 0) is 23.7 Å². The predicted molar refractivity (Wildman–Crippen MR) is 90.9 cm³/mol. The van der Waals surface area contributed by atoms with Crippen molar-refractivity contribution < 1.29 is 14.4 Å². The molecule has 0 spiro atoms. The highest BCUT2D eigenvalue weighted by Crippen LogP contribution is 2.61. The maximum atomic E-state index is 14.7. The number of likely N-dealkylation sites (N-methyl/N-ethyl adjacent to an activating group) is 1. The van der Waals surface area contributed by atoms with Crippen LogP contribution in [0.25, 0.3) is 0 Å². The number of fused-ring (bicyclic) bond motifs is 1. The summed E-state index contributed by atoms with van der Waals surface area (Å²) in [5, 5.41) is 9.07. The third kappa shape index (κ3) is 2.65. The van der Waals surface area contributed by atoms with Gasteiger partial charge in [-0.15, -0.1) is 0 Å². The molecule has 2 N–H and O–H groups in total. The summed E-state index contributed by atoms with van der Waals surface area (Å²) in [7, 11) is 0. The maximum absolute atomic E-state index is 14.7. The minimum absolute atomic E-state index is 0.0122. The number of alkyl halides is 1. The molecule has 4 rings (SSSR count). The molecule has 5 nitrogen and oxygen atoms in total. The van der Waals surface area contributed by atoms with Crippen LogP contribution in [-0.4, -0.2) is 33.7 Å². The number of rotatable bonds is 4. The summed E-state index contributed by atoms with van der Waals surface area (Å²) in [4.78, 5) is 13.9. The molecule has 0 bridgehead atoms. The minimum Gasteiger partial charge on any atom is -0.346 e. The number of amides is 1. The number of carbonyl (C=O) groups is 1. The van der Waals surface area contributed by atoms with Gasteiger partial charge in [0.2, 0.25) is 5.91 Å². The predicted octanol–water partition coefficient (Wildman–Crippen LogP) is 2.79. The second kappa shape index (κ2) is 6.28. The van der Waals surface area contributed by atoms with E-state index in [-0.39, 0.29) is 23.7 Å². The van der Waals surface area contributed by atoms with Crippen molar-refractivity contribution in [3.63, 3.8) is 0 Å². The Balaban J connectivity index is 1.66. The van der Waals surface area contributed by atoms with Gasteiger partial charge in [0.1, 0.15) is 0 Å². The van der Waals surface area contributed by atoms with E-state index in [0.29, 0.717) is 18.8 Å². The lowest BCUT2D eigenvalue weighted by Crippen LogP contribution is -2.35. The van der Waals surface area contributed by atoms with Crippen molar-refractivity contribution in [3.05, 3.63) is 59.4 Å². The summed E-state index contributed by atoms with van der Waals surface area (Å²) in [6.07, 6.45) is 0.867. The van der Waals surface area contributed by atoms with Crippen molar-refractivity contribution in [2.75, 3.05) is 13.1 Å². The van der Waals surface area contributed by atoms with E-state index in [9.17, 15) is 9.18 Å². The molecule has 1 fully saturated rings. The van der Waals surface area contributed by atoms with Gasteiger partial charge in [-0.2, -0.15) is 0 Å². The molecule has 25 heavy (non-hydrogen) atoms. The molecule has 2 heterocycles. The molecular weight excluding hydrogens is 321 g/mol. The summed E-state index contributed by atoms with van der Waals surface area (Å²) in [6, 6.07) is 11.7. The van der Waals surface area contributed by atoms with Crippen molar-refractivity contribution in [1.82, 2.24) is 14.9 Å². The van der Waals surface area contributed by atoms with Crippen LogP contribution in [0.1, 0.15) is 41.9 Å². The van der Waals surface area contributed by atoms with Gasteiger partial charge in [-0.3, -0.25) is 14.9 Å². The molecule has 2 aliphatic rings. The first kappa shape index (κ1) is 16.3. The van der Waals surface area contributed by atoms with Crippen LogP contribution < -0.4 is 5.48 Å². The summed E-state index contributed by atoms with van der Waals surface area (Å²) in [5.74, 6) is -0.722. The normalized spacial score (nSPS) is 28.4. The average molecular weight is 343 g/mol. The van der Waals surface area contributed by atoms with Crippen LogP contribution in [0.15, 0.2) is 42.6 Å². The molecule has 1 amide bonds. The SMILES string of the molecule is CCN1CCn2cc([C@H]3[C@H](C(=O)NO)[C@@H]3c3ccccc3)cc2C1F. The Morgan fingerprint density at radius 2 is 1.96 bits per heavy atom. The van der Waals surface area contributed by atoms with Gasteiger partial charge in [0.05, 0.1) is 11.6 Å². The summed E-state index contributed by atoms with van der Waals surface area (Å²) >= 11 is 0. The first-order valence-electron chi connectivity index (χ1n) is 8.72. The minimum atomic E-state index is -1.11. The molecule has 0 saturated heterocycles. The van der Waals surface area contributed by atoms with E-state index in [4.69, 9.17) is 5.21 Å². The van der Waals surface area contributed by atoms with Crippen LogP contribution in [0.4, 0.5) is 4.39 Å². The number of hydrogen-bond donors (Lipinski definition) is 2. The van der Waals surface area contributed by atoms with Crippen molar-refractivity contribution in [2.45, 2.75) is 31.6 Å². The summed E-state index contributed by atoms with van der Waals surface area (Å²) in [6.45, 7) is 4.07. The molecule has 1 saturated carbocycles. The van der Waals surface area contributed by atoms with E-state index in [1.165, 1.54) is 0 Å². The van der Waals surface area contributed by atoms with Crippen LogP contribution in [0.5, 0.6) is 0 Å². The Morgan fingerprint density at radius 3 is 2.64 bits per heavy atom. The molecule has 0 radical (unpaired) electrons. The number of nitrogens with one attached hydrogen (secondary N) is 1. The topological polar surface area (TPSA) is 57.5 Å². The Bertz CT molecular complexity index is 776. The summed E-state index contributed by atoms with van der Waals surface area (Å²) < 4.78 is 16.6.